The third-order valence-electron chi connectivity index (χ3n) is 2.81. The number of nitrogens with one attached hydrogen (secondary N) is 2. The van der Waals surface area contributed by atoms with E-state index in [4.69, 9.17) is 11.6 Å². The van der Waals surface area contributed by atoms with E-state index in [1.807, 2.05) is 0 Å². The van der Waals surface area contributed by atoms with Gasteiger partial charge in [-0.15, -0.1) is 10.2 Å². The van der Waals surface area contributed by atoms with Crippen LogP contribution in [-0.4, -0.2) is 41.8 Å². The van der Waals surface area contributed by atoms with Gasteiger partial charge in [-0.1, -0.05) is 11.6 Å². The Morgan fingerprint density at radius 1 is 1.43 bits per heavy atom. The van der Waals surface area contributed by atoms with Gasteiger partial charge < -0.3 is 9.88 Å². The number of nitrogens with zero attached hydrogens (tertiary/aromatic N) is 4. The van der Waals surface area contributed by atoms with E-state index in [0.29, 0.717) is 18.1 Å². The molecule has 2 aromatic rings. The van der Waals surface area contributed by atoms with Gasteiger partial charge in [0.2, 0.25) is 10.0 Å². The van der Waals surface area contributed by atoms with E-state index in [-0.39, 0.29) is 16.5 Å². The van der Waals surface area contributed by atoms with Crippen LogP contribution in [0.15, 0.2) is 23.5 Å². The first kappa shape index (κ1) is 15.7. The summed E-state index contributed by atoms with van der Waals surface area (Å²) in [6.45, 7) is 0.209. The maximum absolute atomic E-state index is 12.1. The van der Waals surface area contributed by atoms with Crippen molar-refractivity contribution in [3.8, 4) is 0 Å². The monoisotopic (exact) mass is 330 g/mol. The van der Waals surface area contributed by atoms with Crippen LogP contribution < -0.4 is 10.0 Å². The topological polar surface area (TPSA) is 102 Å². The number of hydrogen-bond acceptors (Lipinski definition) is 6. The lowest BCUT2D eigenvalue weighted by molar-refractivity contribution is 0.579. The second-order valence-corrected chi connectivity index (χ2v) is 6.43. The first-order valence-corrected chi connectivity index (χ1v) is 7.96. The van der Waals surface area contributed by atoms with Crippen LogP contribution in [0.3, 0.4) is 0 Å². The van der Waals surface area contributed by atoms with Gasteiger partial charge in [0, 0.05) is 33.3 Å². The standard InChI is InChI=1S/C11H15ClN6O2S/c1-13-11-9(12)5-8(6-14-11)21(19,20)16-4-3-10-17-15-7-18(10)2/h5-7,16H,3-4H2,1-2H3,(H,13,14). The second kappa shape index (κ2) is 6.37. The average Bonchev–Trinajstić information content (AvgIpc) is 2.84. The highest BCUT2D eigenvalue weighted by Gasteiger charge is 2.16. The van der Waals surface area contributed by atoms with Crippen LogP contribution in [-0.2, 0) is 23.5 Å². The van der Waals surface area contributed by atoms with Gasteiger partial charge in [-0.2, -0.15) is 0 Å². The molecule has 114 valence electrons. The molecule has 0 aromatic carbocycles. The van der Waals surface area contributed by atoms with Crippen LogP contribution >= 0.6 is 11.6 Å². The molecule has 0 atom stereocenters. The Balaban J connectivity index is 2.05. The highest BCUT2D eigenvalue weighted by Crippen LogP contribution is 2.21. The van der Waals surface area contributed by atoms with E-state index in [1.54, 1.807) is 25.0 Å². The molecule has 0 bridgehead atoms. The number of anilines is 1. The largest absolute Gasteiger partial charge is 0.372 e. The molecule has 8 nitrogen and oxygen atoms in total. The lowest BCUT2D eigenvalue weighted by Crippen LogP contribution is -2.26. The third-order valence-corrected chi connectivity index (χ3v) is 4.53. The minimum Gasteiger partial charge on any atom is -0.372 e. The SMILES string of the molecule is CNc1ncc(S(=O)(=O)NCCc2nncn2C)cc1Cl. The van der Waals surface area contributed by atoms with E-state index in [2.05, 4.69) is 25.2 Å². The van der Waals surface area contributed by atoms with Crippen molar-refractivity contribution >= 4 is 27.4 Å². The lowest BCUT2D eigenvalue weighted by Gasteiger charge is -2.08. The van der Waals surface area contributed by atoms with E-state index in [0.717, 1.165) is 0 Å². The predicted molar refractivity (Wildman–Crippen MR) is 78.7 cm³/mol. The van der Waals surface area contributed by atoms with Crippen LogP contribution in [0.4, 0.5) is 5.82 Å². The Hall–Kier alpha value is -1.71. The van der Waals surface area contributed by atoms with Crippen LogP contribution in [0.1, 0.15) is 5.82 Å². The number of halogens is 1. The molecule has 0 aliphatic carbocycles. The van der Waals surface area contributed by atoms with Crippen molar-refractivity contribution in [1.29, 1.82) is 0 Å². The first-order chi connectivity index (χ1) is 9.94. The Bertz CT molecular complexity index is 730. The molecular formula is C11H15ClN6O2S. The van der Waals surface area contributed by atoms with Crippen LogP contribution in [0.25, 0.3) is 0 Å². The molecule has 2 heterocycles. The zero-order valence-corrected chi connectivity index (χ0v) is 13.1. The summed E-state index contributed by atoms with van der Waals surface area (Å²) in [5.74, 6) is 1.12. The van der Waals surface area contributed by atoms with Crippen LogP contribution in [0, 0.1) is 0 Å². The fourth-order valence-electron chi connectivity index (χ4n) is 1.67. The molecule has 10 heteroatoms. The second-order valence-electron chi connectivity index (χ2n) is 4.26. The Labute approximate surface area is 127 Å². The molecule has 0 aliphatic heterocycles. The predicted octanol–water partition coefficient (Wildman–Crippen LogP) is 0.426. The van der Waals surface area contributed by atoms with Crippen molar-refractivity contribution in [1.82, 2.24) is 24.5 Å². The summed E-state index contributed by atoms with van der Waals surface area (Å²) >= 11 is 5.93. The van der Waals surface area contributed by atoms with Crippen LogP contribution in [0.5, 0.6) is 0 Å². The summed E-state index contributed by atoms with van der Waals surface area (Å²) in [6, 6.07) is 1.35. The highest BCUT2D eigenvalue weighted by atomic mass is 35.5. The maximum atomic E-state index is 12.1. The van der Waals surface area contributed by atoms with Crippen molar-refractivity contribution in [3.63, 3.8) is 0 Å². The fourth-order valence-corrected chi connectivity index (χ4v) is 2.99. The van der Waals surface area contributed by atoms with Gasteiger partial charge in [0.1, 0.15) is 22.9 Å². The minimum atomic E-state index is -3.66. The summed E-state index contributed by atoms with van der Waals surface area (Å²) in [4.78, 5) is 3.96. The van der Waals surface area contributed by atoms with Crippen molar-refractivity contribution in [2.24, 2.45) is 7.05 Å². The van der Waals surface area contributed by atoms with Gasteiger partial charge in [0.15, 0.2) is 0 Å². The van der Waals surface area contributed by atoms with E-state index in [1.165, 1.54) is 12.3 Å². The number of rotatable bonds is 6. The molecule has 2 rings (SSSR count). The Morgan fingerprint density at radius 2 is 2.19 bits per heavy atom. The Kier molecular flexibility index (Phi) is 4.76. The zero-order valence-electron chi connectivity index (χ0n) is 11.5. The molecule has 2 N–H and O–H groups in total. The van der Waals surface area contributed by atoms with Gasteiger partial charge in [-0.3, -0.25) is 0 Å². The van der Waals surface area contributed by atoms with E-state index >= 15 is 0 Å². The smallest absolute Gasteiger partial charge is 0.242 e. The molecule has 0 radical (unpaired) electrons. The number of pyridine rings is 1. The first-order valence-electron chi connectivity index (χ1n) is 6.10. The van der Waals surface area contributed by atoms with E-state index < -0.39 is 10.0 Å². The molecule has 0 aliphatic rings. The number of sulfonamides is 1. The molecule has 2 aromatic heterocycles. The molecule has 0 unspecified atom stereocenters. The molecule has 0 saturated carbocycles. The van der Waals surface area contributed by atoms with Crippen molar-refractivity contribution in [3.05, 3.63) is 29.4 Å². The van der Waals surface area contributed by atoms with Gasteiger partial charge in [0.25, 0.3) is 0 Å². The summed E-state index contributed by atoms with van der Waals surface area (Å²) in [5.41, 5.74) is 0. The van der Waals surface area contributed by atoms with Crippen molar-refractivity contribution < 1.29 is 8.42 Å². The summed E-state index contributed by atoms with van der Waals surface area (Å²) in [5, 5.41) is 10.6. The van der Waals surface area contributed by atoms with E-state index in [9.17, 15) is 8.42 Å². The van der Waals surface area contributed by atoms with Crippen molar-refractivity contribution in [2.75, 3.05) is 18.9 Å². The van der Waals surface area contributed by atoms with Gasteiger partial charge >= 0.3 is 0 Å². The number of hydrogen-bond donors (Lipinski definition) is 2. The average molecular weight is 331 g/mol. The molecule has 21 heavy (non-hydrogen) atoms. The molecule has 0 amide bonds. The van der Waals surface area contributed by atoms with Gasteiger partial charge in [0.05, 0.1) is 5.02 Å². The number of aryl methyl sites for hydroxylation is 1. The quantitative estimate of drug-likeness (QED) is 0.796. The normalized spacial score (nSPS) is 11.6. The van der Waals surface area contributed by atoms with Crippen LogP contribution in [0.2, 0.25) is 5.02 Å². The maximum Gasteiger partial charge on any atom is 0.242 e. The molecular weight excluding hydrogens is 316 g/mol. The number of aromatic nitrogens is 4. The summed E-state index contributed by atoms with van der Waals surface area (Å²) in [6.07, 6.45) is 3.25. The van der Waals surface area contributed by atoms with Crippen molar-refractivity contribution in [2.45, 2.75) is 11.3 Å². The highest BCUT2D eigenvalue weighted by molar-refractivity contribution is 7.89. The van der Waals surface area contributed by atoms with Gasteiger partial charge in [-0.25, -0.2) is 18.1 Å². The zero-order chi connectivity index (χ0) is 15.5. The lowest BCUT2D eigenvalue weighted by atomic mass is 10.4. The fraction of sp³-hybridized carbons (Fsp3) is 0.364. The Morgan fingerprint density at radius 3 is 2.76 bits per heavy atom. The molecule has 0 fully saturated rings. The molecule has 0 spiro atoms. The minimum absolute atomic E-state index is 0.0180. The summed E-state index contributed by atoms with van der Waals surface area (Å²) in [7, 11) is -0.206. The summed E-state index contributed by atoms with van der Waals surface area (Å²) < 4.78 is 28.5. The van der Waals surface area contributed by atoms with Gasteiger partial charge in [-0.05, 0) is 6.07 Å². The third kappa shape index (κ3) is 3.69. The molecule has 0 saturated heterocycles.